The second-order valence-electron chi connectivity index (χ2n) is 4.37. The van der Waals surface area contributed by atoms with Crippen molar-refractivity contribution in [1.82, 2.24) is 0 Å². The molecule has 8 heteroatoms. The van der Waals surface area contributed by atoms with Crippen LogP contribution in [0, 0.1) is 11.3 Å². The van der Waals surface area contributed by atoms with Crippen molar-refractivity contribution < 1.29 is 13.2 Å². The summed E-state index contributed by atoms with van der Waals surface area (Å²) < 4.78 is 30.7. The summed E-state index contributed by atoms with van der Waals surface area (Å²) in [6.45, 7) is 0. The molecule has 0 radical (unpaired) electrons. The molecule has 1 N–H and O–H groups in total. The van der Waals surface area contributed by atoms with Gasteiger partial charge < -0.3 is 4.74 Å². The number of benzene rings is 2. The second kappa shape index (κ2) is 6.44. The van der Waals surface area contributed by atoms with E-state index in [9.17, 15) is 8.42 Å². The molecule has 0 atom stereocenters. The third kappa shape index (κ3) is 4.28. The van der Waals surface area contributed by atoms with Crippen LogP contribution in [0.2, 0.25) is 10.0 Å². The Morgan fingerprint density at radius 2 is 1.86 bits per heavy atom. The van der Waals surface area contributed by atoms with Crippen LogP contribution in [0.1, 0.15) is 5.56 Å². The zero-order valence-electron chi connectivity index (χ0n) is 11.3. The lowest BCUT2D eigenvalue weighted by molar-refractivity contribution is 0.485. The van der Waals surface area contributed by atoms with Gasteiger partial charge in [0.25, 0.3) is 0 Å². The van der Waals surface area contributed by atoms with Crippen LogP contribution in [-0.4, -0.2) is 14.7 Å². The first-order valence-electron chi connectivity index (χ1n) is 5.93. The smallest absolute Gasteiger partial charge is 0.229 e. The highest BCUT2D eigenvalue weighted by atomic mass is 35.5. The van der Waals surface area contributed by atoms with Crippen molar-refractivity contribution in [3.63, 3.8) is 0 Å². The van der Waals surface area contributed by atoms with E-state index in [0.29, 0.717) is 10.6 Å². The highest BCUT2D eigenvalue weighted by Crippen LogP contribution is 2.35. The van der Waals surface area contributed by atoms with Crippen molar-refractivity contribution in [3.8, 4) is 17.6 Å². The Morgan fingerprint density at radius 3 is 2.45 bits per heavy atom. The molecule has 114 valence electrons. The van der Waals surface area contributed by atoms with E-state index in [0.717, 1.165) is 6.26 Å². The van der Waals surface area contributed by atoms with Gasteiger partial charge in [-0.1, -0.05) is 23.2 Å². The number of rotatable bonds is 4. The van der Waals surface area contributed by atoms with E-state index in [1.54, 1.807) is 12.1 Å². The third-order valence-electron chi connectivity index (χ3n) is 2.52. The maximum Gasteiger partial charge on any atom is 0.229 e. The van der Waals surface area contributed by atoms with Gasteiger partial charge in [-0.3, -0.25) is 4.72 Å². The number of nitrogens with one attached hydrogen (secondary N) is 1. The minimum atomic E-state index is -3.50. The third-order valence-corrected chi connectivity index (χ3v) is 3.64. The molecule has 0 aliphatic heterocycles. The molecule has 0 fully saturated rings. The van der Waals surface area contributed by atoms with Gasteiger partial charge in [-0.05, 0) is 30.3 Å². The standard InChI is InChI=1S/C14H10Cl2N2O3S/c1-22(19,20)18-12-4-2-9(8-17)6-14(12)21-13-5-3-10(15)7-11(13)16/h2-7,18H,1H3. The monoisotopic (exact) mass is 356 g/mol. The van der Waals surface area contributed by atoms with Crippen LogP contribution < -0.4 is 9.46 Å². The largest absolute Gasteiger partial charge is 0.454 e. The molecule has 0 bridgehead atoms. The fourth-order valence-electron chi connectivity index (χ4n) is 1.64. The van der Waals surface area contributed by atoms with Crippen LogP contribution in [-0.2, 0) is 10.0 Å². The minimum Gasteiger partial charge on any atom is -0.454 e. The molecule has 0 aromatic heterocycles. The summed E-state index contributed by atoms with van der Waals surface area (Å²) in [5.74, 6) is 0.450. The van der Waals surface area contributed by atoms with Gasteiger partial charge in [-0.25, -0.2) is 8.42 Å². The van der Waals surface area contributed by atoms with E-state index in [1.165, 1.54) is 24.3 Å². The Hall–Kier alpha value is -1.94. The van der Waals surface area contributed by atoms with E-state index in [1.807, 2.05) is 6.07 Å². The van der Waals surface area contributed by atoms with E-state index in [-0.39, 0.29) is 22.2 Å². The molecule has 0 saturated carbocycles. The summed E-state index contributed by atoms with van der Waals surface area (Å²) >= 11 is 11.8. The SMILES string of the molecule is CS(=O)(=O)Nc1ccc(C#N)cc1Oc1ccc(Cl)cc1Cl. The van der Waals surface area contributed by atoms with Crippen LogP contribution in [0.5, 0.6) is 11.5 Å². The second-order valence-corrected chi connectivity index (χ2v) is 6.97. The first-order valence-corrected chi connectivity index (χ1v) is 8.58. The number of ether oxygens (including phenoxy) is 1. The molecule has 2 aromatic rings. The van der Waals surface area contributed by atoms with Crippen molar-refractivity contribution in [1.29, 1.82) is 5.26 Å². The van der Waals surface area contributed by atoms with E-state index in [2.05, 4.69) is 4.72 Å². The van der Waals surface area contributed by atoms with Crippen molar-refractivity contribution in [2.45, 2.75) is 0 Å². The molecular formula is C14H10Cl2N2O3S. The first-order chi connectivity index (χ1) is 10.3. The topological polar surface area (TPSA) is 79.2 Å². The molecule has 0 saturated heterocycles. The fraction of sp³-hybridized carbons (Fsp3) is 0.0714. The number of nitrogens with zero attached hydrogens (tertiary/aromatic N) is 1. The molecule has 22 heavy (non-hydrogen) atoms. The molecular weight excluding hydrogens is 347 g/mol. The van der Waals surface area contributed by atoms with Gasteiger partial charge in [0, 0.05) is 11.1 Å². The van der Waals surface area contributed by atoms with Gasteiger partial charge in [0.15, 0.2) is 5.75 Å². The van der Waals surface area contributed by atoms with Gasteiger partial charge in [-0.2, -0.15) is 5.26 Å². The summed E-state index contributed by atoms with van der Waals surface area (Å²) in [6, 6.07) is 10.9. The molecule has 5 nitrogen and oxygen atoms in total. The van der Waals surface area contributed by atoms with Crippen molar-refractivity contribution >= 4 is 38.9 Å². The Labute approximate surface area is 138 Å². The number of halogens is 2. The quantitative estimate of drug-likeness (QED) is 0.896. The zero-order valence-corrected chi connectivity index (χ0v) is 13.6. The summed E-state index contributed by atoms with van der Waals surface area (Å²) in [7, 11) is -3.50. The highest BCUT2D eigenvalue weighted by Gasteiger charge is 2.12. The Balaban J connectivity index is 2.45. The predicted octanol–water partition coefficient (Wildman–Crippen LogP) is 4.03. The molecule has 0 amide bonds. The Kier molecular flexibility index (Phi) is 4.81. The van der Waals surface area contributed by atoms with Crippen molar-refractivity contribution in [2.24, 2.45) is 0 Å². The van der Waals surface area contributed by atoms with Crippen LogP contribution in [0.4, 0.5) is 5.69 Å². The first kappa shape index (κ1) is 16.4. The van der Waals surface area contributed by atoms with E-state index >= 15 is 0 Å². The van der Waals surface area contributed by atoms with Gasteiger partial charge in [0.2, 0.25) is 10.0 Å². The molecule has 0 heterocycles. The Bertz CT molecular complexity index is 861. The number of hydrogen-bond acceptors (Lipinski definition) is 4. The van der Waals surface area contributed by atoms with Gasteiger partial charge in [0.05, 0.1) is 28.6 Å². The lowest BCUT2D eigenvalue weighted by Crippen LogP contribution is -2.10. The lowest BCUT2D eigenvalue weighted by atomic mass is 10.2. The van der Waals surface area contributed by atoms with Crippen LogP contribution >= 0.6 is 23.2 Å². The predicted molar refractivity (Wildman–Crippen MR) is 86.2 cm³/mol. The number of hydrogen-bond donors (Lipinski definition) is 1. The average Bonchev–Trinajstić information content (AvgIpc) is 2.42. The van der Waals surface area contributed by atoms with E-state index in [4.69, 9.17) is 33.2 Å². The van der Waals surface area contributed by atoms with Gasteiger partial charge in [0.1, 0.15) is 5.75 Å². The zero-order chi connectivity index (χ0) is 16.3. The van der Waals surface area contributed by atoms with Gasteiger partial charge in [-0.15, -0.1) is 0 Å². The van der Waals surface area contributed by atoms with Crippen LogP contribution in [0.3, 0.4) is 0 Å². The molecule has 0 aliphatic rings. The van der Waals surface area contributed by atoms with Crippen molar-refractivity contribution in [3.05, 3.63) is 52.0 Å². The Morgan fingerprint density at radius 1 is 1.14 bits per heavy atom. The maximum absolute atomic E-state index is 11.4. The average molecular weight is 357 g/mol. The summed E-state index contributed by atoms with van der Waals surface area (Å²) in [5, 5.41) is 9.66. The molecule has 0 aliphatic carbocycles. The van der Waals surface area contributed by atoms with Gasteiger partial charge >= 0.3 is 0 Å². The van der Waals surface area contributed by atoms with Crippen LogP contribution in [0.25, 0.3) is 0 Å². The molecule has 0 unspecified atom stereocenters. The molecule has 0 spiro atoms. The van der Waals surface area contributed by atoms with E-state index < -0.39 is 10.0 Å². The normalized spacial score (nSPS) is 10.8. The summed E-state index contributed by atoms with van der Waals surface area (Å²) in [5.41, 5.74) is 0.520. The van der Waals surface area contributed by atoms with Crippen LogP contribution in [0.15, 0.2) is 36.4 Å². The number of anilines is 1. The highest BCUT2D eigenvalue weighted by molar-refractivity contribution is 7.92. The lowest BCUT2D eigenvalue weighted by Gasteiger charge is -2.13. The number of nitriles is 1. The van der Waals surface area contributed by atoms with Crippen molar-refractivity contribution in [2.75, 3.05) is 11.0 Å². The maximum atomic E-state index is 11.4. The minimum absolute atomic E-state index is 0.161. The summed E-state index contributed by atoms with van der Waals surface area (Å²) in [6.07, 6.45) is 1.02. The molecule has 2 aromatic carbocycles. The summed E-state index contributed by atoms with van der Waals surface area (Å²) in [4.78, 5) is 0. The molecule has 2 rings (SSSR count). The fourth-order valence-corrected chi connectivity index (χ4v) is 2.65. The number of sulfonamides is 1.